The van der Waals surface area contributed by atoms with Gasteiger partial charge in [0.05, 0.1) is 18.9 Å². The first-order chi connectivity index (χ1) is 15.1. The zero-order valence-corrected chi connectivity index (χ0v) is 18.3. The molecule has 3 aromatic rings. The fourth-order valence-electron chi connectivity index (χ4n) is 3.95. The fraction of sp³-hybridized carbons (Fsp3) is 0.478. The quantitative estimate of drug-likeness (QED) is 0.564. The minimum Gasteiger partial charge on any atom is -0.491 e. The van der Waals surface area contributed by atoms with Crippen molar-refractivity contribution in [2.75, 3.05) is 31.6 Å². The van der Waals surface area contributed by atoms with Gasteiger partial charge in [-0.25, -0.2) is 0 Å². The third-order valence-corrected chi connectivity index (χ3v) is 5.47. The van der Waals surface area contributed by atoms with E-state index < -0.39 is 5.82 Å². The van der Waals surface area contributed by atoms with Gasteiger partial charge in [-0.3, -0.25) is 9.88 Å². The first-order valence-corrected chi connectivity index (χ1v) is 10.9. The van der Waals surface area contributed by atoms with Gasteiger partial charge < -0.3 is 19.2 Å². The maximum atomic E-state index is 14.5. The number of aromatic nitrogens is 2. The molecule has 0 amide bonds. The van der Waals surface area contributed by atoms with E-state index in [1.165, 1.54) is 0 Å². The van der Waals surface area contributed by atoms with Gasteiger partial charge in [-0.1, -0.05) is 0 Å². The van der Waals surface area contributed by atoms with E-state index in [9.17, 15) is 4.39 Å². The number of ether oxygens (including phenoxy) is 2. The lowest BCUT2D eigenvalue weighted by Gasteiger charge is -2.32. The zero-order chi connectivity index (χ0) is 21.8. The molecule has 0 unspecified atom stereocenters. The van der Waals surface area contributed by atoms with Gasteiger partial charge in [-0.15, -0.1) is 0 Å². The SMILES string of the molecule is CCOc1cc(CN2CCC(Nc3nc4ccnc(C)c4o3)CC2)cc(OCC)c1F. The first-order valence-electron chi connectivity index (χ1n) is 10.9. The summed E-state index contributed by atoms with van der Waals surface area (Å²) in [6.45, 7) is 8.99. The van der Waals surface area contributed by atoms with Crippen molar-refractivity contribution in [1.29, 1.82) is 0 Å². The molecule has 1 aliphatic rings. The van der Waals surface area contributed by atoms with E-state index in [4.69, 9.17) is 13.9 Å². The van der Waals surface area contributed by atoms with Gasteiger partial charge in [-0.2, -0.15) is 9.37 Å². The summed E-state index contributed by atoms with van der Waals surface area (Å²) in [6, 6.07) is 6.25. The summed E-state index contributed by atoms with van der Waals surface area (Å²) in [5.74, 6) is 0.0700. The van der Waals surface area contributed by atoms with Crippen LogP contribution in [0.4, 0.5) is 10.4 Å². The largest absolute Gasteiger partial charge is 0.491 e. The van der Waals surface area contributed by atoms with Crippen LogP contribution in [-0.2, 0) is 6.54 Å². The van der Waals surface area contributed by atoms with Crippen LogP contribution in [0.2, 0.25) is 0 Å². The lowest BCUT2D eigenvalue weighted by Crippen LogP contribution is -2.38. The molecule has 0 saturated carbocycles. The van der Waals surface area contributed by atoms with Crippen LogP contribution in [0.25, 0.3) is 11.1 Å². The molecule has 31 heavy (non-hydrogen) atoms. The molecule has 1 fully saturated rings. The van der Waals surface area contributed by atoms with Crippen molar-refractivity contribution in [3.8, 4) is 11.5 Å². The number of hydrogen-bond acceptors (Lipinski definition) is 7. The maximum absolute atomic E-state index is 14.5. The molecule has 4 rings (SSSR count). The summed E-state index contributed by atoms with van der Waals surface area (Å²) < 4.78 is 31.3. The Morgan fingerprint density at radius 1 is 1.16 bits per heavy atom. The van der Waals surface area contributed by atoms with Crippen LogP contribution in [0.15, 0.2) is 28.8 Å². The van der Waals surface area contributed by atoms with Crippen LogP contribution in [0.1, 0.15) is 37.9 Å². The second kappa shape index (κ2) is 9.51. The summed E-state index contributed by atoms with van der Waals surface area (Å²) in [6.07, 6.45) is 3.67. The number of fused-ring (bicyclic) bond motifs is 1. The fourth-order valence-corrected chi connectivity index (χ4v) is 3.95. The van der Waals surface area contributed by atoms with E-state index in [0.29, 0.717) is 25.3 Å². The zero-order valence-electron chi connectivity index (χ0n) is 18.3. The number of aryl methyl sites for hydroxylation is 1. The summed E-state index contributed by atoms with van der Waals surface area (Å²) >= 11 is 0. The number of anilines is 1. The molecule has 166 valence electrons. The minimum absolute atomic E-state index is 0.251. The molecule has 1 N–H and O–H groups in total. The Bertz CT molecular complexity index is 1000. The monoisotopic (exact) mass is 428 g/mol. The van der Waals surface area contributed by atoms with Crippen molar-refractivity contribution in [2.24, 2.45) is 0 Å². The van der Waals surface area contributed by atoms with E-state index in [2.05, 4.69) is 20.2 Å². The molecule has 1 saturated heterocycles. The van der Waals surface area contributed by atoms with E-state index in [1.54, 1.807) is 18.3 Å². The number of oxazole rings is 1. The molecule has 2 aromatic heterocycles. The van der Waals surface area contributed by atoms with Crippen molar-refractivity contribution in [3.05, 3.63) is 41.5 Å². The first kappa shape index (κ1) is 21.4. The van der Waals surface area contributed by atoms with Gasteiger partial charge in [0.25, 0.3) is 6.01 Å². The number of piperidine rings is 1. The highest BCUT2D eigenvalue weighted by Crippen LogP contribution is 2.30. The van der Waals surface area contributed by atoms with Crippen molar-refractivity contribution in [1.82, 2.24) is 14.9 Å². The Morgan fingerprint density at radius 3 is 2.45 bits per heavy atom. The molecule has 8 heteroatoms. The van der Waals surface area contributed by atoms with Gasteiger partial charge in [0.15, 0.2) is 17.1 Å². The number of hydrogen-bond donors (Lipinski definition) is 1. The summed E-state index contributed by atoms with van der Waals surface area (Å²) in [5, 5.41) is 3.42. The van der Waals surface area contributed by atoms with Gasteiger partial charge in [0.2, 0.25) is 5.82 Å². The molecule has 0 spiro atoms. The Kier molecular flexibility index (Phi) is 6.56. The van der Waals surface area contributed by atoms with Gasteiger partial charge in [-0.05, 0) is 57.4 Å². The molecular weight excluding hydrogens is 399 g/mol. The van der Waals surface area contributed by atoms with Crippen molar-refractivity contribution in [3.63, 3.8) is 0 Å². The van der Waals surface area contributed by atoms with E-state index >= 15 is 0 Å². The number of nitrogens with one attached hydrogen (secondary N) is 1. The molecule has 0 aliphatic carbocycles. The highest BCUT2D eigenvalue weighted by molar-refractivity contribution is 5.76. The molecule has 7 nitrogen and oxygen atoms in total. The Hall–Kier alpha value is -2.87. The average molecular weight is 429 g/mol. The van der Waals surface area contributed by atoms with Crippen LogP contribution >= 0.6 is 0 Å². The van der Waals surface area contributed by atoms with Crippen LogP contribution in [0.3, 0.4) is 0 Å². The summed E-state index contributed by atoms with van der Waals surface area (Å²) in [4.78, 5) is 11.1. The molecule has 0 bridgehead atoms. The predicted octanol–water partition coefficient (Wildman–Crippen LogP) is 4.54. The summed E-state index contributed by atoms with van der Waals surface area (Å²) in [5.41, 5.74) is 3.37. The molecular formula is C23H29FN4O3. The average Bonchev–Trinajstić information content (AvgIpc) is 3.17. The number of benzene rings is 1. The van der Waals surface area contributed by atoms with E-state index in [1.807, 2.05) is 26.8 Å². The topological polar surface area (TPSA) is 72.7 Å². The maximum Gasteiger partial charge on any atom is 0.295 e. The predicted molar refractivity (Wildman–Crippen MR) is 117 cm³/mol. The number of halogens is 1. The molecule has 1 aromatic carbocycles. The van der Waals surface area contributed by atoms with Gasteiger partial charge in [0, 0.05) is 31.9 Å². The highest BCUT2D eigenvalue weighted by atomic mass is 19.1. The van der Waals surface area contributed by atoms with Crippen LogP contribution < -0.4 is 14.8 Å². The second-order valence-electron chi connectivity index (χ2n) is 7.73. The normalized spacial score (nSPS) is 15.4. The van der Waals surface area contributed by atoms with Crippen molar-refractivity contribution < 1.29 is 18.3 Å². The second-order valence-corrected chi connectivity index (χ2v) is 7.73. The molecule has 0 atom stereocenters. The Morgan fingerprint density at radius 2 is 1.84 bits per heavy atom. The smallest absolute Gasteiger partial charge is 0.295 e. The van der Waals surface area contributed by atoms with E-state index in [0.717, 1.165) is 54.8 Å². The summed E-state index contributed by atoms with van der Waals surface area (Å²) in [7, 11) is 0. The van der Waals surface area contributed by atoms with Crippen LogP contribution in [-0.4, -0.2) is 47.2 Å². The standard InChI is InChI=1S/C23H29FN4O3/c1-4-29-19-12-16(13-20(21(19)24)30-5-2)14-28-10-7-17(8-11-28)26-23-27-18-6-9-25-15(3)22(18)31-23/h6,9,12-13,17H,4-5,7-8,10-11,14H2,1-3H3,(H,26,27). The lowest BCUT2D eigenvalue weighted by atomic mass is 10.0. The van der Waals surface area contributed by atoms with Crippen LogP contribution in [0.5, 0.6) is 11.5 Å². The Balaban J connectivity index is 1.37. The number of likely N-dealkylation sites (tertiary alicyclic amines) is 1. The van der Waals surface area contributed by atoms with Crippen LogP contribution in [0, 0.1) is 12.7 Å². The molecule has 1 aliphatic heterocycles. The van der Waals surface area contributed by atoms with Gasteiger partial charge >= 0.3 is 0 Å². The number of rotatable bonds is 8. The van der Waals surface area contributed by atoms with Gasteiger partial charge in [0.1, 0.15) is 5.52 Å². The molecule has 0 radical (unpaired) electrons. The van der Waals surface area contributed by atoms with E-state index in [-0.39, 0.29) is 11.5 Å². The Labute approximate surface area is 181 Å². The number of pyridine rings is 1. The number of nitrogens with zero attached hydrogens (tertiary/aromatic N) is 3. The third kappa shape index (κ3) is 4.90. The van der Waals surface area contributed by atoms with Crippen molar-refractivity contribution in [2.45, 2.75) is 46.2 Å². The third-order valence-electron chi connectivity index (χ3n) is 5.47. The minimum atomic E-state index is -0.431. The van der Waals surface area contributed by atoms with Crippen molar-refractivity contribution >= 4 is 17.1 Å². The molecule has 3 heterocycles. The lowest BCUT2D eigenvalue weighted by molar-refractivity contribution is 0.209. The highest BCUT2D eigenvalue weighted by Gasteiger charge is 2.22.